The molecule has 1 fully saturated rings. The molecule has 0 amide bonds. The number of hydroxylamine groups is 1. The third-order valence-corrected chi connectivity index (χ3v) is 2.95. The average molecular weight is 199 g/mol. The van der Waals surface area contributed by atoms with Crippen molar-refractivity contribution in [3.05, 3.63) is 0 Å². The highest BCUT2D eigenvalue weighted by Crippen LogP contribution is 2.28. The van der Waals surface area contributed by atoms with Crippen LogP contribution < -0.4 is 5.48 Å². The molecule has 0 bridgehead atoms. The van der Waals surface area contributed by atoms with Gasteiger partial charge in [-0.05, 0) is 51.9 Å². The van der Waals surface area contributed by atoms with Gasteiger partial charge in [0.25, 0.3) is 0 Å². The Morgan fingerprint density at radius 3 is 2.29 bits per heavy atom. The molecule has 1 aliphatic rings. The summed E-state index contributed by atoms with van der Waals surface area (Å²) < 4.78 is 0. The number of hydrogen-bond acceptors (Lipinski definition) is 2. The molecule has 0 aromatic carbocycles. The fourth-order valence-electron chi connectivity index (χ4n) is 2.09. The second-order valence-electron chi connectivity index (χ2n) is 5.83. The van der Waals surface area contributed by atoms with Crippen LogP contribution in [0.2, 0.25) is 0 Å². The van der Waals surface area contributed by atoms with E-state index in [9.17, 15) is 0 Å². The Balaban J connectivity index is 2.31. The molecule has 0 aromatic heterocycles. The van der Waals surface area contributed by atoms with E-state index in [1.165, 1.54) is 19.3 Å². The quantitative estimate of drug-likeness (QED) is 0.690. The van der Waals surface area contributed by atoms with Crippen LogP contribution in [0.5, 0.6) is 0 Å². The lowest BCUT2D eigenvalue weighted by atomic mass is 9.80. The van der Waals surface area contributed by atoms with Crippen molar-refractivity contribution in [1.82, 2.24) is 5.48 Å². The van der Waals surface area contributed by atoms with Crippen molar-refractivity contribution in [2.75, 3.05) is 0 Å². The predicted molar refractivity (Wildman–Crippen MR) is 59.9 cm³/mol. The molecule has 1 rings (SSSR count). The Kier molecular flexibility index (Phi) is 3.96. The molecule has 0 spiro atoms. The van der Waals surface area contributed by atoms with Crippen LogP contribution in [-0.2, 0) is 4.84 Å². The van der Waals surface area contributed by atoms with Crippen molar-refractivity contribution in [3.63, 3.8) is 0 Å². The highest BCUT2D eigenvalue weighted by molar-refractivity contribution is 4.79. The van der Waals surface area contributed by atoms with Crippen LogP contribution in [0.1, 0.15) is 53.9 Å². The number of nitrogens with one attached hydrogen (secondary N) is 1. The van der Waals surface area contributed by atoms with Crippen LogP contribution in [0.4, 0.5) is 0 Å². The highest BCUT2D eigenvalue weighted by atomic mass is 16.7. The molecule has 0 saturated heterocycles. The zero-order chi connectivity index (χ0) is 10.8. The SMILES string of the molecule is CC1CCC(NOC(C)(C)C)C(C)C1. The smallest absolute Gasteiger partial charge is 0.0813 e. The van der Waals surface area contributed by atoms with Crippen LogP contribution in [0.15, 0.2) is 0 Å². The van der Waals surface area contributed by atoms with E-state index in [2.05, 4.69) is 40.1 Å². The van der Waals surface area contributed by atoms with E-state index in [1.807, 2.05) is 0 Å². The molecule has 3 atom stereocenters. The van der Waals surface area contributed by atoms with Gasteiger partial charge in [0.15, 0.2) is 0 Å². The average Bonchev–Trinajstić information content (AvgIpc) is 2.00. The van der Waals surface area contributed by atoms with Crippen molar-refractivity contribution in [1.29, 1.82) is 0 Å². The summed E-state index contributed by atoms with van der Waals surface area (Å²) in [6.45, 7) is 10.9. The molecule has 0 heterocycles. The molecular formula is C12H25NO. The number of rotatable bonds is 2. The minimum Gasteiger partial charge on any atom is -0.296 e. The zero-order valence-electron chi connectivity index (χ0n) is 10.3. The Hall–Kier alpha value is -0.0800. The maximum absolute atomic E-state index is 5.62. The first-order valence-corrected chi connectivity index (χ1v) is 5.82. The van der Waals surface area contributed by atoms with Gasteiger partial charge in [-0.25, -0.2) is 0 Å². The summed E-state index contributed by atoms with van der Waals surface area (Å²) >= 11 is 0. The minimum absolute atomic E-state index is 0.0806. The van der Waals surface area contributed by atoms with Crippen LogP contribution in [0.3, 0.4) is 0 Å². The largest absolute Gasteiger partial charge is 0.296 e. The second-order valence-corrected chi connectivity index (χ2v) is 5.83. The Morgan fingerprint density at radius 2 is 1.79 bits per heavy atom. The summed E-state index contributed by atoms with van der Waals surface area (Å²) in [6.07, 6.45) is 3.90. The normalized spacial score (nSPS) is 34.5. The molecule has 1 saturated carbocycles. The third kappa shape index (κ3) is 3.97. The summed E-state index contributed by atoms with van der Waals surface area (Å²) in [6, 6.07) is 0.547. The van der Waals surface area contributed by atoms with E-state index in [4.69, 9.17) is 4.84 Å². The predicted octanol–water partition coefficient (Wildman–Crippen LogP) is 3.13. The molecular weight excluding hydrogens is 174 g/mol. The first kappa shape index (κ1) is 12.0. The fraction of sp³-hybridized carbons (Fsp3) is 1.00. The molecule has 84 valence electrons. The van der Waals surface area contributed by atoms with Crippen molar-refractivity contribution < 1.29 is 4.84 Å². The zero-order valence-corrected chi connectivity index (χ0v) is 10.3. The summed E-state index contributed by atoms with van der Waals surface area (Å²) in [5, 5.41) is 0. The van der Waals surface area contributed by atoms with Gasteiger partial charge in [-0.3, -0.25) is 4.84 Å². The van der Waals surface area contributed by atoms with Crippen LogP contribution >= 0.6 is 0 Å². The second kappa shape index (κ2) is 4.63. The molecule has 2 heteroatoms. The number of hydrogen-bond donors (Lipinski definition) is 1. The maximum atomic E-state index is 5.62. The maximum Gasteiger partial charge on any atom is 0.0813 e. The Labute approximate surface area is 88.4 Å². The lowest BCUT2D eigenvalue weighted by molar-refractivity contribution is -0.101. The highest BCUT2D eigenvalue weighted by Gasteiger charge is 2.26. The first-order chi connectivity index (χ1) is 6.38. The van der Waals surface area contributed by atoms with Gasteiger partial charge in [0.1, 0.15) is 0 Å². The van der Waals surface area contributed by atoms with Crippen LogP contribution in [-0.4, -0.2) is 11.6 Å². The molecule has 2 nitrogen and oxygen atoms in total. The molecule has 3 unspecified atom stereocenters. The topological polar surface area (TPSA) is 21.3 Å². The van der Waals surface area contributed by atoms with Gasteiger partial charge in [-0.2, -0.15) is 5.48 Å². The standard InChI is InChI=1S/C12H25NO/c1-9-6-7-11(10(2)8-9)13-14-12(3,4)5/h9-11,13H,6-8H2,1-5H3. The summed E-state index contributed by atoms with van der Waals surface area (Å²) in [4.78, 5) is 5.62. The van der Waals surface area contributed by atoms with Crippen LogP contribution in [0, 0.1) is 11.8 Å². The van der Waals surface area contributed by atoms with Gasteiger partial charge < -0.3 is 0 Å². The van der Waals surface area contributed by atoms with E-state index in [1.54, 1.807) is 0 Å². The lowest BCUT2D eigenvalue weighted by Gasteiger charge is -2.34. The molecule has 0 aliphatic heterocycles. The van der Waals surface area contributed by atoms with Gasteiger partial charge in [0, 0.05) is 6.04 Å². The third-order valence-electron chi connectivity index (χ3n) is 2.95. The molecule has 1 N–H and O–H groups in total. The van der Waals surface area contributed by atoms with Gasteiger partial charge >= 0.3 is 0 Å². The van der Waals surface area contributed by atoms with Gasteiger partial charge in [0.05, 0.1) is 5.60 Å². The van der Waals surface area contributed by atoms with Crippen molar-refractivity contribution >= 4 is 0 Å². The molecule has 0 radical (unpaired) electrons. The van der Waals surface area contributed by atoms with E-state index in [0.29, 0.717) is 6.04 Å². The van der Waals surface area contributed by atoms with E-state index in [0.717, 1.165) is 11.8 Å². The van der Waals surface area contributed by atoms with Crippen molar-refractivity contribution in [3.8, 4) is 0 Å². The molecule has 0 aromatic rings. The lowest BCUT2D eigenvalue weighted by Crippen LogP contribution is -2.42. The molecule has 14 heavy (non-hydrogen) atoms. The Bertz CT molecular complexity index is 174. The minimum atomic E-state index is -0.0806. The summed E-state index contributed by atoms with van der Waals surface area (Å²) in [7, 11) is 0. The van der Waals surface area contributed by atoms with Gasteiger partial charge in [-0.1, -0.05) is 13.8 Å². The monoisotopic (exact) mass is 199 g/mol. The van der Waals surface area contributed by atoms with E-state index >= 15 is 0 Å². The van der Waals surface area contributed by atoms with E-state index in [-0.39, 0.29) is 5.60 Å². The van der Waals surface area contributed by atoms with E-state index < -0.39 is 0 Å². The van der Waals surface area contributed by atoms with Crippen LogP contribution in [0.25, 0.3) is 0 Å². The molecule has 1 aliphatic carbocycles. The van der Waals surface area contributed by atoms with Gasteiger partial charge in [0.2, 0.25) is 0 Å². The van der Waals surface area contributed by atoms with Gasteiger partial charge in [-0.15, -0.1) is 0 Å². The summed E-state index contributed by atoms with van der Waals surface area (Å²) in [5.41, 5.74) is 3.15. The first-order valence-electron chi connectivity index (χ1n) is 5.82. The van der Waals surface area contributed by atoms with Crippen molar-refractivity contribution in [2.45, 2.75) is 65.5 Å². The summed E-state index contributed by atoms with van der Waals surface area (Å²) in [5.74, 6) is 1.62. The fourth-order valence-corrected chi connectivity index (χ4v) is 2.09. The van der Waals surface area contributed by atoms with Crippen molar-refractivity contribution in [2.24, 2.45) is 11.8 Å². The Morgan fingerprint density at radius 1 is 1.14 bits per heavy atom.